The first-order valence-electron chi connectivity index (χ1n) is 10.1. The number of likely N-dealkylation sites (N-methyl/N-ethyl adjacent to an activating group) is 1. The van der Waals surface area contributed by atoms with Gasteiger partial charge in [-0.05, 0) is 42.3 Å². The van der Waals surface area contributed by atoms with Gasteiger partial charge in [0.05, 0.1) is 17.7 Å². The summed E-state index contributed by atoms with van der Waals surface area (Å²) in [6, 6.07) is 7.07. The van der Waals surface area contributed by atoms with Crippen LogP contribution < -0.4 is 16.0 Å². The van der Waals surface area contributed by atoms with Gasteiger partial charge in [-0.15, -0.1) is 0 Å². The van der Waals surface area contributed by atoms with Crippen LogP contribution in [0.2, 0.25) is 0 Å². The second-order valence-electron chi connectivity index (χ2n) is 7.76. The minimum Gasteiger partial charge on any atom is -0.530 e. The molecule has 180 valence electrons. The van der Waals surface area contributed by atoms with Crippen molar-refractivity contribution < 1.29 is 32.3 Å². The first kappa shape index (κ1) is 24.7. The Morgan fingerprint density at radius 3 is 2.44 bits per heavy atom. The fourth-order valence-electron chi connectivity index (χ4n) is 3.43. The molecule has 1 N–H and O–H groups in total. The third-order valence-corrected chi connectivity index (χ3v) is 5.32. The van der Waals surface area contributed by atoms with Gasteiger partial charge in [0.25, 0.3) is 5.56 Å². The van der Waals surface area contributed by atoms with Gasteiger partial charge < -0.3 is 24.7 Å². The van der Waals surface area contributed by atoms with E-state index in [0.29, 0.717) is 28.8 Å². The number of hydrogen-bond donors (Lipinski definition) is 1. The number of anilines is 1. The van der Waals surface area contributed by atoms with Crippen LogP contribution in [0.1, 0.15) is 16.7 Å². The number of carboxylic acid groups (broad SMARTS) is 1. The molecule has 1 aromatic heterocycles. The third kappa shape index (κ3) is 5.36. The van der Waals surface area contributed by atoms with Crippen LogP contribution in [-0.2, 0) is 23.9 Å². The molecule has 0 bridgehead atoms. The summed E-state index contributed by atoms with van der Waals surface area (Å²) in [5, 5.41) is 14.2. The molecular weight excluding hydrogens is 458 g/mol. The number of halogens is 4. The van der Waals surface area contributed by atoms with Gasteiger partial charge in [0.15, 0.2) is 0 Å². The van der Waals surface area contributed by atoms with E-state index >= 15 is 0 Å². The topological polar surface area (TPSA) is 94.5 Å². The number of alkyl halides is 3. The van der Waals surface area contributed by atoms with Gasteiger partial charge in [0, 0.05) is 37.1 Å². The predicted molar refractivity (Wildman–Crippen MR) is 115 cm³/mol. The van der Waals surface area contributed by atoms with Crippen molar-refractivity contribution in [3.8, 4) is 0 Å². The number of carbonyl (C=O) groups excluding carboxylic acids is 2. The normalized spacial score (nSPS) is 11.5. The molecule has 11 heteroatoms. The van der Waals surface area contributed by atoms with Crippen LogP contribution in [0, 0.1) is 12.7 Å². The molecule has 0 fully saturated rings. The number of fused-ring (bicyclic) bond motifs is 1. The van der Waals surface area contributed by atoms with E-state index < -0.39 is 35.1 Å². The quantitative estimate of drug-likeness (QED) is 0.552. The molecule has 0 saturated heterocycles. The van der Waals surface area contributed by atoms with Crippen molar-refractivity contribution >= 4 is 28.5 Å². The molecule has 2 aromatic carbocycles. The minimum absolute atomic E-state index is 0.0346. The van der Waals surface area contributed by atoms with Gasteiger partial charge in [-0.25, -0.2) is 4.39 Å². The highest BCUT2D eigenvalue weighted by molar-refractivity contribution is 6.03. The number of aryl methyl sites for hydroxylation is 1. The Hall–Kier alpha value is -3.89. The summed E-state index contributed by atoms with van der Waals surface area (Å²) < 4.78 is 53.3. The average molecular weight is 478 g/mol. The molecule has 0 radical (unpaired) electrons. The van der Waals surface area contributed by atoms with Crippen LogP contribution in [0.3, 0.4) is 0 Å². The molecule has 1 heterocycles. The number of carbonyl (C=O) groups is 2. The van der Waals surface area contributed by atoms with Gasteiger partial charge in [-0.2, -0.15) is 13.2 Å². The van der Waals surface area contributed by atoms with Crippen LogP contribution in [0.4, 0.5) is 28.0 Å². The van der Waals surface area contributed by atoms with Crippen molar-refractivity contribution in [3.63, 3.8) is 0 Å². The maximum atomic E-state index is 13.8. The van der Waals surface area contributed by atoms with Crippen LogP contribution in [0.5, 0.6) is 0 Å². The summed E-state index contributed by atoms with van der Waals surface area (Å²) in [7, 11) is 1.32. The first-order valence-corrected chi connectivity index (χ1v) is 10.1. The highest BCUT2D eigenvalue weighted by Crippen LogP contribution is 2.32. The van der Waals surface area contributed by atoms with E-state index in [1.165, 1.54) is 17.8 Å². The first-order chi connectivity index (χ1) is 15.9. The van der Waals surface area contributed by atoms with Crippen molar-refractivity contribution in [2.75, 3.05) is 18.9 Å². The highest BCUT2D eigenvalue weighted by atomic mass is 19.4. The molecule has 0 saturated carbocycles. The summed E-state index contributed by atoms with van der Waals surface area (Å²) in [4.78, 5) is 37.2. The largest absolute Gasteiger partial charge is 0.530 e. The summed E-state index contributed by atoms with van der Waals surface area (Å²) in [6.07, 6.45) is -5.12. The molecule has 34 heavy (non-hydrogen) atoms. The molecule has 0 aliphatic heterocycles. The van der Waals surface area contributed by atoms with Gasteiger partial charge in [-0.3, -0.25) is 9.59 Å². The SMILES string of the molecule is Cc1ccc2c(=O)n(CCN(C)C(=O)[O-])ccc2c1NC(=O)Cc1ccc(C(F)(F)F)c(F)c1. The molecule has 3 rings (SSSR count). The number of aromatic nitrogens is 1. The number of amides is 2. The van der Waals surface area contributed by atoms with E-state index in [-0.39, 0.29) is 30.5 Å². The number of rotatable bonds is 6. The zero-order valence-corrected chi connectivity index (χ0v) is 18.2. The van der Waals surface area contributed by atoms with Crippen LogP contribution >= 0.6 is 0 Å². The lowest BCUT2D eigenvalue weighted by Crippen LogP contribution is -2.40. The minimum atomic E-state index is -4.84. The predicted octanol–water partition coefficient (Wildman–Crippen LogP) is 2.92. The lowest BCUT2D eigenvalue weighted by Gasteiger charge is -2.20. The Morgan fingerprint density at radius 2 is 1.82 bits per heavy atom. The standard InChI is InChI=1S/C23H21F4N3O4/c1-13-3-5-16-15(7-8-30(21(16)32)10-9-29(2)22(33)34)20(13)28-19(31)12-14-4-6-17(18(24)11-14)23(25,26)27/h3-8,11H,9-10,12H2,1-2H3,(H,28,31)(H,33,34)/p-1. The van der Waals surface area contributed by atoms with Crippen molar-refractivity contribution in [1.29, 1.82) is 0 Å². The van der Waals surface area contributed by atoms with Gasteiger partial charge in [0.2, 0.25) is 5.91 Å². The van der Waals surface area contributed by atoms with Gasteiger partial charge in [-0.1, -0.05) is 12.1 Å². The number of nitrogens with zero attached hydrogens (tertiary/aromatic N) is 2. The third-order valence-electron chi connectivity index (χ3n) is 5.32. The molecule has 0 aliphatic rings. The molecule has 7 nitrogen and oxygen atoms in total. The second kappa shape index (κ2) is 9.54. The van der Waals surface area contributed by atoms with Gasteiger partial charge >= 0.3 is 6.18 Å². The van der Waals surface area contributed by atoms with E-state index in [9.17, 15) is 37.1 Å². The fourth-order valence-corrected chi connectivity index (χ4v) is 3.43. The van der Waals surface area contributed by atoms with Crippen molar-refractivity contribution in [3.05, 3.63) is 75.5 Å². The van der Waals surface area contributed by atoms with Crippen molar-refractivity contribution in [2.45, 2.75) is 26.1 Å². The average Bonchev–Trinajstić information content (AvgIpc) is 2.74. The monoisotopic (exact) mass is 478 g/mol. The second-order valence-corrected chi connectivity index (χ2v) is 7.76. The van der Waals surface area contributed by atoms with Crippen LogP contribution in [0.15, 0.2) is 47.4 Å². The Morgan fingerprint density at radius 1 is 1.12 bits per heavy atom. The number of pyridine rings is 1. The maximum absolute atomic E-state index is 13.8. The maximum Gasteiger partial charge on any atom is 0.419 e. The van der Waals surface area contributed by atoms with E-state index in [1.807, 2.05) is 0 Å². The lowest BCUT2D eigenvalue weighted by atomic mass is 10.0. The zero-order valence-electron chi connectivity index (χ0n) is 18.2. The Balaban J connectivity index is 1.84. The Labute approximate surface area is 191 Å². The molecule has 0 aliphatic carbocycles. The zero-order chi connectivity index (χ0) is 25.2. The molecular formula is C23H20F4N3O4-. The van der Waals surface area contributed by atoms with Gasteiger partial charge in [0.1, 0.15) is 11.9 Å². The number of nitrogens with one attached hydrogen (secondary N) is 1. The van der Waals surface area contributed by atoms with Crippen molar-refractivity contribution in [2.24, 2.45) is 0 Å². The lowest BCUT2D eigenvalue weighted by molar-refractivity contribution is -0.264. The van der Waals surface area contributed by atoms with E-state index in [2.05, 4.69) is 5.32 Å². The molecule has 0 unspecified atom stereocenters. The van der Waals surface area contributed by atoms with Crippen LogP contribution in [-0.4, -0.2) is 35.1 Å². The number of benzene rings is 2. The number of hydrogen-bond acceptors (Lipinski definition) is 4. The smallest absolute Gasteiger partial charge is 0.419 e. The summed E-state index contributed by atoms with van der Waals surface area (Å²) in [6.45, 7) is 1.83. The fraction of sp³-hybridized carbons (Fsp3) is 0.261. The molecule has 0 atom stereocenters. The molecule has 2 amide bonds. The summed E-state index contributed by atoms with van der Waals surface area (Å²) >= 11 is 0. The summed E-state index contributed by atoms with van der Waals surface area (Å²) in [5.74, 6) is -2.07. The highest BCUT2D eigenvalue weighted by Gasteiger charge is 2.34. The van der Waals surface area contributed by atoms with Crippen LogP contribution in [0.25, 0.3) is 10.8 Å². The van der Waals surface area contributed by atoms with E-state index in [0.717, 1.165) is 11.0 Å². The molecule has 0 spiro atoms. The Kier molecular flexibility index (Phi) is 6.94. The van der Waals surface area contributed by atoms with Crippen molar-refractivity contribution in [1.82, 2.24) is 9.47 Å². The molecule has 3 aromatic rings. The van der Waals surface area contributed by atoms with E-state index in [1.54, 1.807) is 25.1 Å². The summed E-state index contributed by atoms with van der Waals surface area (Å²) in [5.41, 5.74) is -0.784. The van der Waals surface area contributed by atoms with E-state index in [4.69, 9.17) is 0 Å². The Bertz CT molecular complexity index is 1320.